The van der Waals surface area contributed by atoms with E-state index in [4.69, 9.17) is 10.00 Å². The maximum atomic E-state index is 8.97. The lowest BCUT2D eigenvalue weighted by molar-refractivity contribution is 0.416. The second-order valence-electron chi connectivity index (χ2n) is 4.56. The van der Waals surface area contributed by atoms with Crippen molar-refractivity contribution in [1.29, 1.82) is 5.26 Å². The zero-order valence-corrected chi connectivity index (χ0v) is 11.5. The Morgan fingerprint density at radius 3 is 2.76 bits per heavy atom. The molecule has 0 radical (unpaired) electrons. The smallest absolute Gasteiger partial charge is 0.128 e. The third-order valence-electron chi connectivity index (χ3n) is 3.26. The molecule has 0 amide bonds. The van der Waals surface area contributed by atoms with Crippen molar-refractivity contribution in [2.45, 2.75) is 0 Å². The first-order valence-electron chi connectivity index (χ1n) is 6.51. The van der Waals surface area contributed by atoms with Gasteiger partial charge in [0.1, 0.15) is 5.75 Å². The number of ether oxygens (including phenoxy) is 1. The molecular weight excluding hydrogens is 262 g/mol. The number of H-pyrrole nitrogens is 1. The van der Waals surface area contributed by atoms with Gasteiger partial charge in [0.2, 0.25) is 0 Å². The summed E-state index contributed by atoms with van der Waals surface area (Å²) in [7, 11) is 1.65. The third-order valence-corrected chi connectivity index (χ3v) is 3.26. The van der Waals surface area contributed by atoms with E-state index in [9.17, 15) is 0 Å². The van der Waals surface area contributed by atoms with E-state index in [1.165, 1.54) is 0 Å². The van der Waals surface area contributed by atoms with Gasteiger partial charge in [-0.15, -0.1) is 0 Å². The molecule has 0 aliphatic heterocycles. The van der Waals surface area contributed by atoms with E-state index in [0.29, 0.717) is 5.56 Å². The van der Waals surface area contributed by atoms with E-state index < -0.39 is 0 Å². The van der Waals surface area contributed by atoms with Gasteiger partial charge in [0.25, 0.3) is 0 Å². The van der Waals surface area contributed by atoms with Gasteiger partial charge in [0.05, 0.1) is 30.1 Å². The van der Waals surface area contributed by atoms with Crippen LogP contribution in [-0.4, -0.2) is 17.3 Å². The SMILES string of the molecule is COc1ccccc1-c1cc(-c2cccc(C#N)c2)n[nH]1. The number of rotatable bonds is 3. The van der Waals surface area contributed by atoms with Crippen LogP contribution < -0.4 is 4.74 Å². The van der Waals surface area contributed by atoms with Crippen LogP contribution in [-0.2, 0) is 0 Å². The van der Waals surface area contributed by atoms with Gasteiger partial charge in [-0.2, -0.15) is 10.4 Å². The van der Waals surface area contributed by atoms with Gasteiger partial charge in [-0.3, -0.25) is 5.10 Å². The molecule has 1 N–H and O–H groups in total. The van der Waals surface area contributed by atoms with Crippen molar-refractivity contribution in [2.75, 3.05) is 7.11 Å². The minimum absolute atomic E-state index is 0.620. The number of benzene rings is 2. The Bertz CT molecular complexity index is 815. The van der Waals surface area contributed by atoms with Crippen molar-refractivity contribution in [3.8, 4) is 34.3 Å². The largest absolute Gasteiger partial charge is 0.496 e. The molecule has 2 aromatic carbocycles. The molecule has 21 heavy (non-hydrogen) atoms. The molecule has 0 aliphatic rings. The Morgan fingerprint density at radius 2 is 1.95 bits per heavy atom. The van der Waals surface area contributed by atoms with E-state index in [0.717, 1.165) is 28.3 Å². The van der Waals surface area contributed by atoms with Crippen LogP contribution in [0.3, 0.4) is 0 Å². The molecule has 4 nitrogen and oxygen atoms in total. The number of nitrogens with zero attached hydrogens (tertiary/aromatic N) is 2. The van der Waals surface area contributed by atoms with Gasteiger partial charge in [-0.05, 0) is 30.3 Å². The highest BCUT2D eigenvalue weighted by atomic mass is 16.5. The number of aromatic nitrogens is 2. The van der Waals surface area contributed by atoms with Crippen LogP contribution in [0.15, 0.2) is 54.6 Å². The molecule has 0 aliphatic carbocycles. The van der Waals surface area contributed by atoms with Crippen LogP contribution in [0.1, 0.15) is 5.56 Å². The Balaban J connectivity index is 2.02. The molecule has 0 fully saturated rings. The van der Waals surface area contributed by atoms with Crippen LogP contribution in [0.5, 0.6) is 5.75 Å². The second kappa shape index (κ2) is 5.51. The van der Waals surface area contributed by atoms with E-state index in [-0.39, 0.29) is 0 Å². The molecule has 0 spiro atoms. The summed E-state index contributed by atoms with van der Waals surface area (Å²) in [4.78, 5) is 0. The molecule has 4 heteroatoms. The first-order valence-corrected chi connectivity index (χ1v) is 6.51. The van der Waals surface area contributed by atoms with Crippen molar-refractivity contribution in [2.24, 2.45) is 0 Å². The van der Waals surface area contributed by atoms with Gasteiger partial charge < -0.3 is 4.74 Å². The fourth-order valence-electron chi connectivity index (χ4n) is 2.22. The van der Waals surface area contributed by atoms with E-state index in [1.54, 1.807) is 13.2 Å². The van der Waals surface area contributed by atoms with Crippen molar-refractivity contribution in [3.63, 3.8) is 0 Å². The number of hydrogen-bond donors (Lipinski definition) is 1. The second-order valence-corrected chi connectivity index (χ2v) is 4.56. The number of nitrogens with one attached hydrogen (secondary N) is 1. The van der Waals surface area contributed by atoms with Gasteiger partial charge in [0, 0.05) is 11.1 Å². The molecule has 0 unspecified atom stereocenters. The Labute approximate surface area is 122 Å². The summed E-state index contributed by atoms with van der Waals surface area (Å²) < 4.78 is 5.36. The van der Waals surface area contributed by atoms with E-state index in [1.807, 2.05) is 48.5 Å². The van der Waals surface area contributed by atoms with E-state index >= 15 is 0 Å². The monoisotopic (exact) mass is 275 g/mol. The summed E-state index contributed by atoms with van der Waals surface area (Å²) in [5.74, 6) is 0.790. The van der Waals surface area contributed by atoms with Crippen molar-refractivity contribution in [3.05, 3.63) is 60.2 Å². The lowest BCUT2D eigenvalue weighted by Gasteiger charge is -2.05. The molecule has 1 aromatic heterocycles. The maximum absolute atomic E-state index is 8.97. The molecule has 0 saturated carbocycles. The fourth-order valence-corrected chi connectivity index (χ4v) is 2.22. The number of nitriles is 1. The van der Waals surface area contributed by atoms with Crippen molar-refractivity contribution in [1.82, 2.24) is 10.2 Å². The fraction of sp³-hybridized carbons (Fsp3) is 0.0588. The van der Waals surface area contributed by atoms with Crippen LogP contribution in [0.2, 0.25) is 0 Å². The zero-order valence-electron chi connectivity index (χ0n) is 11.5. The number of aromatic amines is 1. The quantitative estimate of drug-likeness (QED) is 0.794. The highest BCUT2D eigenvalue weighted by Gasteiger charge is 2.10. The third kappa shape index (κ3) is 2.49. The van der Waals surface area contributed by atoms with Crippen molar-refractivity contribution >= 4 is 0 Å². The van der Waals surface area contributed by atoms with Gasteiger partial charge in [-0.1, -0.05) is 24.3 Å². The standard InChI is InChI=1S/C17H13N3O/c1-21-17-8-3-2-7-14(17)16-10-15(19-20-16)13-6-4-5-12(9-13)11-18/h2-10H,1H3,(H,19,20). The average Bonchev–Trinajstić information content (AvgIpc) is 3.04. The van der Waals surface area contributed by atoms with Crippen molar-refractivity contribution < 1.29 is 4.74 Å². The lowest BCUT2D eigenvalue weighted by Crippen LogP contribution is -1.87. The lowest BCUT2D eigenvalue weighted by atomic mass is 10.1. The van der Waals surface area contributed by atoms with Crippen LogP contribution in [0.4, 0.5) is 0 Å². The summed E-state index contributed by atoms with van der Waals surface area (Å²) >= 11 is 0. The summed E-state index contributed by atoms with van der Waals surface area (Å²) in [6, 6.07) is 19.2. The molecule has 0 atom stereocenters. The highest BCUT2D eigenvalue weighted by molar-refractivity contribution is 5.72. The van der Waals surface area contributed by atoms with Crippen LogP contribution in [0.25, 0.3) is 22.5 Å². The molecular formula is C17H13N3O. The van der Waals surface area contributed by atoms with Gasteiger partial charge in [0.15, 0.2) is 0 Å². The normalized spacial score (nSPS) is 10.1. The minimum atomic E-state index is 0.620. The summed E-state index contributed by atoms with van der Waals surface area (Å²) in [6.45, 7) is 0. The Hall–Kier alpha value is -3.06. The molecule has 1 heterocycles. The molecule has 3 rings (SSSR count). The maximum Gasteiger partial charge on any atom is 0.128 e. The Kier molecular flexibility index (Phi) is 3.40. The first kappa shape index (κ1) is 12.9. The number of hydrogen-bond acceptors (Lipinski definition) is 3. The summed E-state index contributed by atoms with van der Waals surface area (Å²) in [5.41, 5.74) is 4.16. The average molecular weight is 275 g/mol. The summed E-state index contributed by atoms with van der Waals surface area (Å²) in [6.07, 6.45) is 0. The molecule has 3 aromatic rings. The summed E-state index contributed by atoms with van der Waals surface area (Å²) in [5, 5.41) is 16.3. The zero-order chi connectivity index (χ0) is 14.7. The number of methoxy groups -OCH3 is 1. The molecule has 0 saturated heterocycles. The molecule has 102 valence electrons. The minimum Gasteiger partial charge on any atom is -0.496 e. The van der Waals surface area contributed by atoms with E-state index in [2.05, 4.69) is 16.3 Å². The van der Waals surface area contributed by atoms with Gasteiger partial charge >= 0.3 is 0 Å². The molecule has 0 bridgehead atoms. The van der Waals surface area contributed by atoms with Gasteiger partial charge in [-0.25, -0.2) is 0 Å². The topological polar surface area (TPSA) is 61.7 Å². The van der Waals surface area contributed by atoms with Crippen LogP contribution >= 0.6 is 0 Å². The first-order chi connectivity index (χ1) is 10.3. The predicted octanol–water partition coefficient (Wildman–Crippen LogP) is 3.62. The van der Waals surface area contributed by atoms with Crippen LogP contribution in [0, 0.1) is 11.3 Å². The highest BCUT2D eigenvalue weighted by Crippen LogP contribution is 2.30. The number of para-hydroxylation sites is 1. The Morgan fingerprint density at radius 1 is 1.10 bits per heavy atom. The predicted molar refractivity (Wildman–Crippen MR) is 80.7 cm³/mol.